The number of aliphatic hydroxyl groups excluding tert-OH is 1. The molecule has 0 aliphatic heterocycles. The van der Waals surface area contributed by atoms with Crippen molar-refractivity contribution in [2.24, 2.45) is 5.92 Å². The van der Waals surface area contributed by atoms with E-state index < -0.39 is 0 Å². The standard InChI is InChI=1S/C14H30N2O2/c1-7-11(8-2)12(17)9-15-10(3)13(18)16-14(4,5)6/h10-12,15,17H,7-9H2,1-6H3,(H,16,18). The highest BCUT2D eigenvalue weighted by Crippen LogP contribution is 2.12. The summed E-state index contributed by atoms with van der Waals surface area (Å²) in [6.45, 7) is 12.3. The number of hydrogen-bond acceptors (Lipinski definition) is 3. The summed E-state index contributed by atoms with van der Waals surface area (Å²) in [5.74, 6) is 0.273. The van der Waals surface area contributed by atoms with Crippen LogP contribution in [0.25, 0.3) is 0 Å². The van der Waals surface area contributed by atoms with Gasteiger partial charge in [-0.15, -0.1) is 0 Å². The number of hydrogen-bond donors (Lipinski definition) is 3. The minimum Gasteiger partial charge on any atom is -0.392 e. The van der Waals surface area contributed by atoms with Gasteiger partial charge in [-0.25, -0.2) is 0 Å². The van der Waals surface area contributed by atoms with Crippen molar-refractivity contribution in [1.29, 1.82) is 0 Å². The van der Waals surface area contributed by atoms with Gasteiger partial charge in [0.15, 0.2) is 0 Å². The molecule has 0 saturated heterocycles. The van der Waals surface area contributed by atoms with Gasteiger partial charge in [-0.05, 0) is 33.6 Å². The minimum atomic E-state index is -0.384. The molecule has 0 spiro atoms. The Hall–Kier alpha value is -0.610. The predicted octanol–water partition coefficient (Wildman–Crippen LogP) is 1.68. The van der Waals surface area contributed by atoms with Crippen LogP contribution >= 0.6 is 0 Å². The number of amides is 1. The Morgan fingerprint density at radius 3 is 2.11 bits per heavy atom. The molecular formula is C14H30N2O2. The summed E-state index contributed by atoms with van der Waals surface area (Å²) in [5, 5.41) is 16.0. The van der Waals surface area contributed by atoms with Gasteiger partial charge in [-0.2, -0.15) is 0 Å². The normalized spacial score (nSPS) is 15.6. The van der Waals surface area contributed by atoms with Gasteiger partial charge < -0.3 is 15.7 Å². The van der Waals surface area contributed by atoms with E-state index in [2.05, 4.69) is 24.5 Å². The Morgan fingerprint density at radius 1 is 1.22 bits per heavy atom. The van der Waals surface area contributed by atoms with E-state index in [1.165, 1.54) is 0 Å². The summed E-state index contributed by atoms with van der Waals surface area (Å²) in [4.78, 5) is 11.8. The molecule has 4 nitrogen and oxygen atoms in total. The lowest BCUT2D eigenvalue weighted by Crippen LogP contribution is -2.51. The first-order chi connectivity index (χ1) is 8.21. The summed E-state index contributed by atoms with van der Waals surface area (Å²) in [6.07, 6.45) is 1.54. The molecule has 2 atom stereocenters. The Labute approximate surface area is 112 Å². The highest BCUT2D eigenvalue weighted by Gasteiger charge is 2.21. The van der Waals surface area contributed by atoms with Crippen molar-refractivity contribution in [3.05, 3.63) is 0 Å². The zero-order valence-corrected chi connectivity index (χ0v) is 12.7. The van der Waals surface area contributed by atoms with E-state index in [9.17, 15) is 9.90 Å². The maximum absolute atomic E-state index is 11.8. The topological polar surface area (TPSA) is 61.4 Å². The Kier molecular flexibility index (Phi) is 7.48. The van der Waals surface area contributed by atoms with E-state index in [1.54, 1.807) is 0 Å². The van der Waals surface area contributed by atoms with Gasteiger partial charge in [0.2, 0.25) is 5.91 Å². The van der Waals surface area contributed by atoms with E-state index in [0.717, 1.165) is 12.8 Å². The van der Waals surface area contributed by atoms with Crippen LogP contribution in [0, 0.1) is 5.92 Å². The first kappa shape index (κ1) is 17.4. The van der Waals surface area contributed by atoms with Crippen molar-refractivity contribution in [3.8, 4) is 0 Å². The number of carbonyl (C=O) groups excluding carboxylic acids is 1. The second-order valence-corrected chi connectivity index (χ2v) is 6.01. The molecule has 0 heterocycles. The molecule has 0 bridgehead atoms. The van der Waals surface area contributed by atoms with Gasteiger partial charge >= 0.3 is 0 Å². The molecule has 0 saturated carbocycles. The van der Waals surface area contributed by atoms with Crippen LogP contribution in [0.2, 0.25) is 0 Å². The maximum Gasteiger partial charge on any atom is 0.237 e. The van der Waals surface area contributed by atoms with Gasteiger partial charge in [0.1, 0.15) is 0 Å². The first-order valence-corrected chi connectivity index (χ1v) is 6.94. The van der Waals surface area contributed by atoms with Crippen LogP contribution in [0.3, 0.4) is 0 Å². The molecule has 0 radical (unpaired) electrons. The molecule has 0 aromatic rings. The Morgan fingerprint density at radius 2 is 1.72 bits per heavy atom. The van der Waals surface area contributed by atoms with Crippen molar-refractivity contribution >= 4 is 5.91 Å². The maximum atomic E-state index is 11.8. The molecule has 0 rings (SSSR count). The smallest absolute Gasteiger partial charge is 0.237 e. The van der Waals surface area contributed by atoms with E-state index in [1.807, 2.05) is 27.7 Å². The van der Waals surface area contributed by atoms with Crippen molar-refractivity contribution < 1.29 is 9.90 Å². The molecule has 2 unspecified atom stereocenters. The van der Waals surface area contributed by atoms with E-state index in [-0.39, 0.29) is 23.6 Å². The third-order valence-corrected chi connectivity index (χ3v) is 3.12. The van der Waals surface area contributed by atoms with Crippen LogP contribution in [0.1, 0.15) is 54.4 Å². The molecule has 3 N–H and O–H groups in total. The van der Waals surface area contributed by atoms with Crippen LogP contribution in [-0.2, 0) is 4.79 Å². The zero-order valence-electron chi connectivity index (χ0n) is 12.7. The van der Waals surface area contributed by atoms with E-state index in [4.69, 9.17) is 0 Å². The quantitative estimate of drug-likeness (QED) is 0.651. The fourth-order valence-corrected chi connectivity index (χ4v) is 1.87. The Bertz CT molecular complexity index is 245. The predicted molar refractivity (Wildman–Crippen MR) is 75.4 cm³/mol. The van der Waals surface area contributed by atoms with Crippen LogP contribution in [0.4, 0.5) is 0 Å². The van der Waals surface area contributed by atoms with Crippen molar-refractivity contribution in [2.75, 3.05) is 6.54 Å². The molecule has 0 fully saturated rings. The van der Waals surface area contributed by atoms with Crippen LogP contribution in [0.5, 0.6) is 0 Å². The average molecular weight is 258 g/mol. The lowest BCUT2D eigenvalue weighted by molar-refractivity contribution is -0.124. The molecule has 0 aromatic carbocycles. The van der Waals surface area contributed by atoms with Crippen LogP contribution in [-0.4, -0.2) is 35.2 Å². The molecule has 108 valence electrons. The number of carbonyl (C=O) groups is 1. The molecule has 18 heavy (non-hydrogen) atoms. The molecule has 1 amide bonds. The second kappa shape index (κ2) is 7.74. The third-order valence-electron chi connectivity index (χ3n) is 3.12. The highest BCUT2D eigenvalue weighted by atomic mass is 16.3. The van der Waals surface area contributed by atoms with Crippen molar-refractivity contribution in [2.45, 2.75) is 72.1 Å². The lowest BCUT2D eigenvalue weighted by Gasteiger charge is -2.25. The van der Waals surface area contributed by atoms with Gasteiger partial charge in [0.25, 0.3) is 0 Å². The van der Waals surface area contributed by atoms with Gasteiger partial charge in [0, 0.05) is 12.1 Å². The zero-order chi connectivity index (χ0) is 14.3. The number of rotatable bonds is 7. The first-order valence-electron chi connectivity index (χ1n) is 6.94. The van der Waals surface area contributed by atoms with Gasteiger partial charge in [-0.1, -0.05) is 26.7 Å². The fraction of sp³-hybridized carbons (Fsp3) is 0.929. The monoisotopic (exact) mass is 258 g/mol. The largest absolute Gasteiger partial charge is 0.392 e. The lowest BCUT2D eigenvalue weighted by atomic mass is 9.96. The average Bonchev–Trinajstić information content (AvgIpc) is 2.25. The summed E-state index contributed by atoms with van der Waals surface area (Å²) in [7, 11) is 0. The summed E-state index contributed by atoms with van der Waals surface area (Å²) >= 11 is 0. The van der Waals surface area contributed by atoms with Crippen LogP contribution in [0.15, 0.2) is 0 Å². The summed E-state index contributed by atoms with van der Waals surface area (Å²) in [5.41, 5.74) is -0.221. The van der Waals surface area contributed by atoms with Gasteiger partial charge in [-0.3, -0.25) is 4.79 Å². The molecule has 0 aliphatic carbocycles. The molecule has 0 aliphatic rings. The highest BCUT2D eigenvalue weighted by molar-refractivity contribution is 5.81. The second-order valence-electron chi connectivity index (χ2n) is 6.01. The van der Waals surface area contributed by atoms with Crippen molar-refractivity contribution in [1.82, 2.24) is 10.6 Å². The third kappa shape index (κ3) is 6.97. The SMILES string of the molecule is CCC(CC)C(O)CNC(C)C(=O)NC(C)(C)C. The number of aliphatic hydroxyl groups is 1. The Balaban J connectivity index is 4.09. The summed E-state index contributed by atoms with van der Waals surface area (Å²) < 4.78 is 0. The van der Waals surface area contributed by atoms with Gasteiger partial charge in [0.05, 0.1) is 12.1 Å². The molecule has 0 aromatic heterocycles. The fourth-order valence-electron chi connectivity index (χ4n) is 1.87. The summed E-state index contributed by atoms with van der Waals surface area (Å²) in [6, 6.07) is -0.284. The number of nitrogens with one attached hydrogen (secondary N) is 2. The van der Waals surface area contributed by atoms with Crippen molar-refractivity contribution in [3.63, 3.8) is 0 Å². The molecule has 4 heteroatoms. The van der Waals surface area contributed by atoms with E-state index in [0.29, 0.717) is 12.5 Å². The van der Waals surface area contributed by atoms with Crippen LogP contribution < -0.4 is 10.6 Å². The minimum absolute atomic E-state index is 0.0285. The van der Waals surface area contributed by atoms with E-state index >= 15 is 0 Å². The molecular weight excluding hydrogens is 228 g/mol.